The van der Waals surface area contributed by atoms with Crippen LogP contribution in [0.4, 0.5) is 0 Å². The van der Waals surface area contributed by atoms with Gasteiger partial charge in [0.25, 0.3) is 0 Å². The van der Waals surface area contributed by atoms with Crippen molar-refractivity contribution in [3.05, 3.63) is 0 Å². The fourth-order valence-electron chi connectivity index (χ4n) is 0.451. The minimum Gasteiger partial charge on any atom is -0.480 e. The molecule has 0 aliphatic heterocycles. The number of carboxylic acids is 4. The average Bonchev–Trinajstić information content (AvgIpc) is 2.15. The molecule has 0 aromatic carbocycles. The molecular weight excluding hydrogens is 352 g/mol. The Morgan fingerprint density at radius 1 is 0.579 bits per heavy atom. The van der Waals surface area contributed by atoms with Crippen molar-refractivity contribution in [2.75, 3.05) is 26.4 Å². The van der Waals surface area contributed by atoms with E-state index >= 15 is 0 Å². The van der Waals surface area contributed by atoms with Gasteiger partial charge in [0.05, 0.1) is 0 Å². The Morgan fingerprint density at radius 2 is 0.737 bits per heavy atom. The van der Waals surface area contributed by atoms with Crippen molar-refractivity contribution in [3.63, 3.8) is 0 Å². The molecule has 10 nitrogen and oxygen atoms in total. The van der Waals surface area contributed by atoms with E-state index in [9.17, 15) is 19.2 Å². The topological polar surface area (TPSA) is 168 Å². The van der Waals surface area contributed by atoms with Crippen LogP contribution in [0.5, 0.6) is 0 Å². The van der Waals surface area contributed by atoms with Crippen LogP contribution in [0.2, 0.25) is 0 Å². The standard InChI is InChI=1S/2C4H6O5.Mo/c2*5-3(6)1-9-2-4(7)8;/h2*1-2H2,(H,5,6)(H,7,8);. The summed E-state index contributed by atoms with van der Waals surface area (Å²) in [5, 5.41) is 31.6. The summed E-state index contributed by atoms with van der Waals surface area (Å²) < 4.78 is 8.31. The molecule has 0 unspecified atom stereocenters. The zero-order valence-electron chi connectivity index (χ0n) is 9.48. The van der Waals surface area contributed by atoms with Crippen molar-refractivity contribution in [2.24, 2.45) is 0 Å². The van der Waals surface area contributed by atoms with E-state index in [0.29, 0.717) is 0 Å². The molecule has 110 valence electrons. The van der Waals surface area contributed by atoms with E-state index in [1.54, 1.807) is 0 Å². The van der Waals surface area contributed by atoms with E-state index in [4.69, 9.17) is 20.4 Å². The summed E-state index contributed by atoms with van der Waals surface area (Å²) in [7, 11) is 0. The Morgan fingerprint density at radius 3 is 0.842 bits per heavy atom. The summed E-state index contributed by atoms with van der Waals surface area (Å²) in [6, 6.07) is 0. The van der Waals surface area contributed by atoms with Gasteiger partial charge in [0.15, 0.2) is 0 Å². The summed E-state index contributed by atoms with van der Waals surface area (Å²) in [5.41, 5.74) is 0. The van der Waals surface area contributed by atoms with Crippen LogP contribution in [0.25, 0.3) is 0 Å². The average molecular weight is 364 g/mol. The number of carbonyl (C=O) groups is 4. The summed E-state index contributed by atoms with van der Waals surface area (Å²) in [5.74, 6) is -4.68. The smallest absolute Gasteiger partial charge is 0.329 e. The summed E-state index contributed by atoms with van der Waals surface area (Å²) in [6.45, 7) is -2.25. The second kappa shape index (κ2) is 14.5. The number of ether oxygens (including phenoxy) is 2. The van der Waals surface area contributed by atoms with Crippen LogP contribution in [0.1, 0.15) is 0 Å². The normalized spacial score (nSPS) is 8.42. The van der Waals surface area contributed by atoms with Gasteiger partial charge in [-0.2, -0.15) is 0 Å². The molecule has 0 heterocycles. The summed E-state index contributed by atoms with van der Waals surface area (Å²) >= 11 is 0. The molecule has 0 aliphatic carbocycles. The van der Waals surface area contributed by atoms with Gasteiger partial charge in [-0.1, -0.05) is 0 Å². The molecule has 0 radical (unpaired) electrons. The Kier molecular flexibility index (Phi) is 17.3. The predicted molar refractivity (Wildman–Crippen MR) is 52.2 cm³/mol. The molecule has 11 heteroatoms. The van der Waals surface area contributed by atoms with Crippen LogP contribution < -0.4 is 0 Å². The van der Waals surface area contributed by atoms with Gasteiger partial charge in [-0.3, -0.25) is 0 Å². The minimum absolute atomic E-state index is 0. The van der Waals surface area contributed by atoms with Gasteiger partial charge in [0.2, 0.25) is 0 Å². The van der Waals surface area contributed by atoms with Gasteiger partial charge in [0.1, 0.15) is 26.4 Å². The zero-order valence-corrected chi connectivity index (χ0v) is 11.5. The maximum Gasteiger partial charge on any atom is 0.329 e. The third kappa shape index (κ3) is 31.5. The molecule has 0 atom stereocenters. The first kappa shape index (κ1) is 22.6. The van der Waals surface area contributed by atoms with Gasteiger partial charge >= 0.3 is 23.9 Å². The van der Waals surface area contributed by atoms with Crippen molar-refractivity contribution < 1.29 is 70.1 Å². The second-order valence-corrected chi connectivity index (χ2v) is 2.56. The Hall–Kier alpha value is -1.51. The van der Waals surface area contributed by atoms with Crippen molar-refractivity contribution in [2.45, 2.75) is 0 Å². The second-order valence-electron chi connectivity index (χ2n) is 2.56. The molecule has 0 spiro atoms. The first-order valence-corrected chi connectivity index (χ1v) is 4.28. The van der Waals surface area contributed by atoms with Gasteiger partial charge in [-0.25, -0.2) is 19.2 Å². The molecule has 0 amide bonds. The van der Waals surface area contributed by atoms with Crippen molar-refractivity contribution in [3.8, 4) is 0 Å². The first-order chi connectivity index (χ1) is 8.25. The summed E-state index contributed by atoms with van der Waals surface area (Å²) in [6.07, 6.45) is 0. The summed E-state index contributed by atoms with van der Waals surface area (Å²) in [4.78, 5) is 38.7. The van der Waals surface area contributed by atoms with Crippen molar-refractivity contribution in [1.29, 1.82) is 0 Å². The minimum atomic E-state index is -1.17. The van der Waals surface area contributed by atoms with E-state index in [1.807, 2.05) is 0 Å². The molecule has 4 N–H and O–H groups in total. The van der Waals surface area contributed by atoms with Crippen LogP contribution in [0, 0.1) is 0 Å². The molecular formula is C8H12MoO10. The van der Waals surface area contributed by atoms with Crippen LogP contribution in [-0.2, 0) is 49.7 Å². The fraction of sp³-hybridized carbons (Fsp3) is 0.500. The molecule has 0 rings (SSSR count). The van der Waals surface area contributed by atoms with E-state index in [2.05, 4.69) is 9.47 Å². The Labute approximate surface area is 121 Å². The van der Waals surface area contributed by atoms with Crippen LogP contribution in [-0.4, -0.2) is 70.7 Å². The number of aliphatic carboxylic acids is 4. The monoisotopic (exact) mass is 366 g/mol. The van der Waals surface area contributed by atoms with E-state index < -0.39 is 50.3 Å². The van der Waals surface area contributed by atoms with E-state index in [1.165, 1.54) is 0 Å². The largest absolute Gasteiger partial charge is 0.480 e. The van der Waals surface area contributed by atoms with Crippen LogP contribution in [0.3, 0.4) is 0 Å². The van der Waals surface area contributed by atoms with Gasteiger partial charge in [-0.05, 0) is 0 Å². The molecule has 19 heavy (non-hydrogen) atoms. The molecule has 0 aliphatic rings. The molecule has 0 aromatic rings. The molecule has 0 saturated carbocycles. The van der Waals surface area contributed by atoms with Gasteiger partial charge in [0, 0.05) is 21.1 Å². The quantitative estimate of drug-likeness (QED) is 0.366. The Balaban J connectivity index is -0.000000256. The van der Waals surface area contributed by atoms with Crippen LogP contribution in [0.15, 0.2) is 0 Å². The van der Waals surface area contributed by atoms with E-state index in [0.717, 1.165) is 0 Å². The zero-order chi connectivity index (χ0) is 14.6. The van der Waals surface area contributed by atoms with Crippen molar-refractivity contribution >= 4 is 23.9 Å². The SMILES string of the molecule is O=C(O)COCC(=O)O.O=C(O)COCC(=O)O.[Mo]. The van der Waals surface area contributed by atoms with Crippen LogP contribution >= 0.6 is 0 Å². The maximum absolute atomic E-state index is 9.66. The van der Waals surface area contributed by atoms with Gasteiger partial charge < -0.3 is 29.9 Å². The number of rotatable bonds is 8. The number of hydrogen-bond acceptors (Lipinski definition) is 6. The predicted octanol–water partition coefficient (Wildman–Crippen LogP) is -1.66. The number of hydrogen-bond donors (Lipinski definition) is 4. The molecule has 0 saturated heterocycles. The fourth-order valence-corrected chi connectivity index (χ4v) is 0.451. The third-order valence-electron chi connectivity index (χ3n) is 0.902. The maximum atomic E-state index is 9.66. The van der Waals surface area contributed by atoms with E-state index in [-0.39, 0.29) is 21.1 Å². The molecule has 0 aromatic heterocycles. The first-order valence-electron chi connectivity index (χ1n) is 4.28. The van der Waals surface area contributed by atoms with Gasteiger partial charge in [-0.15, -0.1) is 0 Å². The third-order valence-corrected chi connectivity index (χ3v) is 0.902. The Bertz CT molecular complexity index is 244. The molecule has 0 bridgehead atoms. The number of carboxylic acid groups (broad SMARTS) is 4. The van der Waals surface area contributed by atoms with Crippen molar-refractivity contribution in [1.82, 2.24) is 0 Å². The molecule has 0 fully saturated rings.